The highest BCUT2D eigenvalue weighted by Gasteiger charge is 2.35. The molecule has 2 atom stereocenters. The van der Waals surface area contributed by atoms with Crippen LogP contribution in [0.25, 0.3) is 0 Å². The number of piperidine rings is 1. The summed E-state index contributed by atoms with van der Waals surface area (Å²) >= 11 is 0. The summed E-state index contributed by atoms with van der Waals surface area (Å²) in [4.78, 5) is 28.5. The van der Waals surface area contributed by atoms with Crippen molar-refractivity contribution in [1.82, 2.24) is 9.47 Å². The lowest BCUT2D eigenvalue weighted by atomic mass is 9.81. The Kier molecular flexibility index (Phi) is 6.54. The van der Waals surface area contributed by atoms with Gasteiger partial charge in [0, 0.05) is 37.8 Å². The number of likely N-dealkylation sites (tertiary alicyclic amines) is 1. The number of nitrogens with zero attached hydrogens (tertiary/aromatic N) is 2. The first-order chi connectivity index (χ1) is 16.1. The predicted octanol–water partition coefficient (Wildman–Crippen LogP) is 4.04. The van der Waals surface area contributed by atoms with Crippen LogP contribution in [0.4, 0.5) is 5.69 Å². The van der Waals surface area contributed by atoms with Gasteiger partial charge in [0.1, 0.15) is 11.4 Å². The number of carbonyl (C=O) groups is 1. The summed E-state index contributed by atoms with van der Waals surface area (Å²) in [6.07, 6.45) is 8.32. The maximum absolute atomic E-state index is 13.2. The van der Waals surface area contributed by atoms with Crippen LogP contribution < -0.4 is 15.6 Å². The quantitative estimate of drug-likeness (QED) is 0.723. The number of methoxy groups -OCH3 is 1. The number of pyridine rings is 1. The molecular formula is C27H35N3O3. The monoisotopic (exact) mass is 449 g/mol. The second-order valence-corrected chi connectivity index (χ2v) is 10.2. The minimum absolute atomic E-state index is 0.0639. The summed E-state index contributed by atoms with van der Waals surface area (Å²) in [6, 6.07) is 11.3. The van der Waals surface area contributed by atoms with Crippen molar-refractivity contribution >= 4 is 11.6 Å². The maximum Gasteiger partial charge on any atom is 0.274 e. The highest BCUT2D eigenvalue weighted by molar-refractivity contribution is 5.92. The molecule has 2 aromatic rings. The third kappa shape index (κ3) is 5.01. The number of anilines is 1. The third-order valence-electron chi connectivity index (χ3n) is 7.72. The molecule has 1 N–H and O–H groups in total. The molecule has 6 heteroatoms. The Balaban J connectivity index is 1.25. The first-order valence-electron chi connectivity index (χ1n) is 12.5. The van der Waals surface area contributed by atoms with Crippen molar-refractivity contribution < 1.29 is 9.53 Å². The van der Waals surface area contributed by atoms with Crippen molar-refractivity contribution in [1.29, 1.82) is 0 Å². The summed E-state index contributed by atoms with van der Waals surface area (Å²) in [5, 5.41) is 2.85. The molecule has 1 saturated carbocycles. The first kappa shape index (κ1) is 22.2. The van der Waals surface area contributed by atoms with Crippen molar-refractivity contribution in [2.24, 2.45) is 11.8 Å². The van der Waals surface area contributed by atoms with E-state index in [0.717, 1.165) is 42.6 Å². The van der Waals surface area contributed by atoms with Crippen LogP contribution in [0.3, 0.4) is 0 Å². The van der Waals surface area contributed by atoms with Crippen molar-refractivity contribution in [3.05, 3.63) is 58.0 Å². The van der Waals surface area contributed by atoms with E-state index in [-0.39, 0.29) is 17.9 Å². The highest BCUT2D eigenvalue weighted by atomic mass is 16.5. The number of carbonyl (C=O) groups excluding carboxylic acids is 1. The van der Waals surface area contributed by atoms with Gasteiger partial charge in [-0.3, -0.25) is 9.59 Å². The molecule has 33 heavy (non-hydrogen) atoms. The van der Waals surface area contributed by atoms with Gasteiger partial charge in [0.05, 0.1) is 13.5 Å². The Morgan fingerprint density at radius 3 is 2.58 bits per heavy atom. The molecule has 5 rings (SSSR count). The molecule has 0 spiro atoms. The van der Waals surface area contributed by atoms with Gasteiger partial charge in [-0.25, -0.2) is 0 Å². The fraction of sp³-hybridized carbons (Fsp3) is 0.556. The van der Waals surface area contributed by atoms with Crippen LogP contribution in [0.2, 0.25) is 0 Å². The Morgan fingerprint density at radius 2 is 1.82 bits per heavy atom. The molecule has 1 aromatic carbocycles. The van der Waals surface area contributed by atoms with Crippen LogP contribution >= 0.6 is 0 Å². The second-order valence-electron chi connectivity index (χ2n) is 10.2. The van der Waals surface area contributed by atoms with E-state index in [1.165, 1.54) is 45.1 Å². The molecule has 1 saturated heterocycles. The number of aromatic nitrogens is 1. The van der Waals surface area contributed by atoms with Gasteiger partial charge >= 0.3 is 0 Å². The Labute approximate surface area is 195 Å². The summed E-state index contributed by atoms with van der Waals surface area (Å²) in [6.45, 7) is 4.12. The van der Waals surface area contributed by atoms with Crippen LogP contribution in [0.15, 0.2) is 41.2 Å². The second kappa shape index (κ2) is 9.72. The normalized spacial score (nSPS) is 23.1. The van der Waals surface area contributed by atoms with E-state index in [1.54, 1.807) is 13.2 Å². The molecule has 2 unspecified atom stereocenters. The average Bonchev–Trinajstić information content (AvgIpc) is 2.82. The van der Waals surface area contributed by atoms with Gasteiger partial charge in [-0.15, -0.1) is 0 Å². The van der Waals surface area contributed by atoms with Crippen LogP contribution in [-0.2, 0) is 17.8 Å². The van der Waals surface area contributed by atoms with E-state index in [0.29, 0.717) is 17.5 Å². The largest absolute Gasteiger partial charge is 0.497 e. The smallest absolute Gasteiger partial charge is 0.274 e. The minimum atomic E-state index is -0.174. The number of nitrogens with one attached hydrogen (secondary N) is 1. The SMILES string of the molecule is COc1ccc(CC(=O)Nc2ccc3n(c2=O)CC2CC3CN(CC3CCCCC3)C2)cc1. The summed E-state index contributed by atoms with van der Waals surface area (Å²) in [5.74, 6) is 2.37. The molecule has 1 aliphatic carbocycles. The van der Waals surface area contributed by atoms with Gasteiger partial charge in [0.2, 0.25) is 5.91 Å². The summed E-state index contributed by atoms with van der Waals surface area (Å²) in [5.41, 5.74) is 2.35. The lowest BCUT2D eigenvalue weighted by Gasteiger charge is -2.44. The predicted molar refractivity (Wildman–Crippen MR) is 130 cm³/mol. The van der Waals surface area contributed by atoms with E-state index in [9.17, 15) is 9.59 Å². The number of benzene rings is 1. The molecule has 6 nitrogen and oxygen atoms in total. The van der Waals surface area contributed by atoms with Gasteiger partial charge in [-0.2, -0.15) is 0 Å². The van der Waals surface area contributed by atoms with Gasteiger partial charge in [0.25, 0.3) is 5.56 Å². The van der Waals surface area contributed by atoms with Gasteiger partial charge < -0.3 is 19.5 Å². The van der Waals surface area contributed by atoms with Crippen LogP contribution in [-0.4, -0.2) is 42.1 Å². The molecule has 176 valence electrons. The van der Waals surface area contributed by atoms with Crippen LogP contribution in [0, 0.1) is 11.8 Å². The van der Waals surface area contributed by atoms with Crippen LogP contribution in [0.1, 0.15) is 55.7 Å². The number of ether oxygens (including phenoxy) is 1. The number of rotatable bonds is 6. The lowest BCUT2D eigenvalue weighted by molar-refractivity contribution is -0.115. The standard InChI is InChI=1S/C27H35N3O3/c1-33-23-9-7-19(8-10-23)14-26(31)28-24-11-12-25-22-13-21(17-30(25)27(24)32)16-29(18-22)15-20-5-3-2-4-6-20/h7-12,20-22H,2-6,13-18H2,1H3,(H,28,31). The Bertz CT molecular complexity index is 1040. The summed E-state index contributed by atoms with van der Waals surface area (Å²) < 4.78 is 7.10. The number of amides is 1. The number of fused-ring (bicyclic) bond motifs is 4. The van der Waals surface area contributed by atoms with E-state index < -0.39 is 0 Å². The molecule has 2 bridgehead atoms. The lowest BCUT2D eigenvalue weighted by Crippen LogP contribution is -2.48. The molecule has 3 aliphatic rings. The molecule has 3 heterocycles. The van der Waals surface area contributed by atoms with Crippen molar-refractivity contribution in [3.8, 4) is 5.75 Å². The Morgan fingerprint density at radius 1 is 1.03 bits per heavy atom. The Hall–Kier alpha value is -2.60. The van der Waals surface area contributed by atoms with E-state index >= 15 is 0 Å². The molecule has 0 radical (unpaired) electrons. The fourth-order valence-electron chi connectivity index (χ4n) is 6.15. The van der Waals surface area contributed by atoms with E-state index in [4.69, 9.17) is 4.74 Å². The molecule has 1 amide bonds. The number of hydrogen-bond donors (Lipinski definition) is 1. The zero-order valence-corrected chi connectivity index (χ0v) is 19.6. The molecule has 2 fully saturated rings. The van der Waals surface area contributed by atoms with E-state index in [1.807, 2.05) is 28.8 Å². The topological polar surface area (TPSA) is 63.6 Å². The van der Waals surface area contributed by atoms with Gasteiger partial charge in [-0.05, 0) is 60.9 Å². The minimum Gasteiger partial charge on any atom is -0.497 e. The van der Waals surface area contributed by atoms with Crippen molar-refractivity contribution in [2.45, 2.75) is 57.4 Å². The first-order valence-corrected chi connectivity index (χ1v) is 12.5. The van der Waals surface area contributed by atoms with Gasteiger partial charge in [-0.1, -0.05) is 31.4 Å². The zero-order valence-electron chi connectivity index (χ0n) is 19.6. The van der Waals surface area contributed by atoms with Crippen molar-refractivity contribution in [3.63, 3.8) is 0 Å². The molecule has 2 aliphatic heterocycles. The molecular weight excluding hydrogens is 414 g/mol. The van der Waals surface area contributed by atoms with Gasteiger partial charge in [0.15, 0.2) is 0 Å². The molecule has 1 aromatic heterocycles. The maximum atomic E-state index is 13.2. The summed E-state index contributed by atoms with van der Waals surface area (Å²) in [7, 11) is 1.62. The third-order valence-corrected chi connectivity index (χ3v) is 7.72. The van der Waals surface area contributed by atoms with Crippen molar-refractivity contribution in [2.75, 3.05) is 32.1 Å². The average molecular weight is 450 g/mol. The fourth-order valence-corrected chi connectivity index (χ4v) is 6.15. The van der Waals surface area contributed by atoms with E-state index in [2.05, 4.69) is 16.3 Å². The zero-order chi connectivity index (χ0) is 22.8. The van der Waals surface area contributed by atoms with Crippen LogP contribution in [0.5, 0.6) is 5.75 Å². The highest BCUT2D eigenvalue weighted by Crippen LogP contribution is 2.36. The number of hydrogen-bond acceptors (Lipinski definition) is 4.